The summed E-state index contributed by atoms with van der Waals surface area (Å²) in [6.45, 7) is 5.61. The molecule has 0 saturated carbocycles. The lowest BCUT2D eigenvalue weighted by molar-refractivity contribution is 0.120. The molecule has 0 bridgehead atoms. The minimum atomic E-state index is 0.588. The first-order valence-corrected chi connectivity index (χ1v) is 8.04. The number of likely N-dealkylation sites (tertiary alicyclic amines) is 1. The molecule has 0 spiro atoms. The Balaban J connectivity index is 2.12. The van der Waals surface area contributed by atoms with Crippen molar-refractivity contribution in [1.82, 2.24) is 10.2 Å². The monoisotopic (exact) mass is 316 g/mol. The minimum Gasteiger partial charge on any atom is -0.317 e. The van der Waals surface area contributed by atoms with Gasteiger partial charge in [0.15, 0.2) is 0 Å². The fourth-order valence-corrected chi connectivity index (χ4v) is 4.01. The summed E-state index contributed by atoms with van der Waals surface area (Å²) in [5.74, 6) is 0.746. The maximum Gasteiger partial charge on any atom is 0.0701 e. The Hall–Kier alpha value is 0.100. The zero-order valence-electron chi connectivity index (χ0n) is 10.6. The van der Waals surface area contributed by atoms with Gasteiger partial charge in [0.05, 0.1) is 3.79 Å². The van der Waals surface area contributed by atoms with E-state index >= 15 is 0 Å². The summed E-state index contributed by atoms with van der Waals surface area (Å²) >= 11 is 5.37. The van der Waals surface area contributed by atoms with Gasteiger partial charge in [0.2, 0.25) is 0 Å². The molecule has 2 rings (SSSR count). The van der Waals surface area contributed by atoms with Crippen LogP contribution in [0.1, 0.15) is 31.4 Å². The van der Waals surface area contributed by atoms with Crippen molar-refractivity contribution in [3.63, 3.8) is 0 Å². The quantitative estimate of drug-likeness (QED) is 0.914. The molecule has 1 N–H and O–H groups in total. The number of rotatable bonds is 4. The molecular formula is C13H21BrN2S. The number of nitrogens with one attached hydrogen (secondary N) is 1. The molecular weight excluding hydrogens is 296 g/mol. The van der Waals surface area contributed by atoms with Gasteiger partial charge in [-0.2, -0.15) is 0 Å². The molecule has 4 heteroatoms. The number of halogens is 1. The highest BCUT2D eigenvalue weighted by atomic mass is 79.9. The molecule has 96 valence electrons. The van der Waals surface area contributed by atoms with E-state index in [1.807, 2.05) is 0 Å². The van der Waals surface area contributed by atoms with E-state index in [0.717, 1.165) is 19.0 Å². The van der Waals surface area contributed by atoms with Crippen molar-refractivity contribution in [3.8, 4) is 0 Å². The molecule has 1 aromatic heterocycles. The SMILES string of the molecule is CCNCC1CCCN(C)C1c1csc(Br)c1. The molecule has 2 heterocycles. The van der Waals surface area contributed by atoms with Gasteiger partial charge in [-0.3, -0.25) is 4.90 Å². The van der Waals surface area contributed by atoms with Crippen molar-refractivity contribution in [2.24, 2.45) is 5.92 Å². The number of hydrogen-bond acceptors (Lipinski definition) is 3. The lowest BCUT2D eigenvalue weighted by atomic mass is 9.86. The molecule has 2 nitrogen and oxygen atoms in total. The molecule has 17 heavy (non-hydrogen) atoms. The van der Waals surface area contributed by atoms with Crippen molar-refractivity contribution in [2.45, 2.75) is 25.8 Å². The zero-order chi connectivity index (χ0) is 12.3. The standard InChI is InChI=1S/C13H21BrN2S/c1-3-15-8-10-5-4-6-16(2)13(10)11-7-12(14)17-9-11/h7,9-10,13,15H,3-6,8H2,1-2H3. The highest BCUT2D eigenvalue weighted by molar-refractivity contribution is 9.11. The maximum absolute atomic E-state index is 3.58. The normalized spacial score (nSPS) is 26.3. The van der Waals surface area contributed by atoms with Crippen LogP contribution >= 0.6 is 27.3 Å². The van der Waals surface area contributed by atoms with Gasteiger partial charge in [0.25, 0.3) is 0 Å². The van der Waals surface area contributed by atoms with Crippen LogP contribution in [0.3, 0.4) is 0 Å². The van der Waals surface area contributed by atoms with E-state index in [-0.39, 0.29) is 0 Å². The highest BCUT2D eigenvalue weighted by Crippen LogP contribution is 2.37. The predicted octanol–water partition coefficient (Wildman–Crippen LogP) is 3.50. The first kappa shape index (κ1) is 13.5. The minimum absolute atomic E-state index is 0.588. The third kappa shape index (κ3) is 3.31. The first-order valence-electron chi connectivity index (χ1n) is 6.37. The van der Waals surface area contributed by atoms with E-state index in [1.165, 1.54) is 28.7 Å². The van der Waals surface area contributed by atoms with Gasteiger partial charge in [-0.05, 0) is 78.4 Å². The van der Waals surface area contributed by atoms with E-state index in [0.29, 0.717) is 6.04 Å². The zero-order valence-corrected chi connectivity index (χ0v) is 13.0. The third-order valence-corrected chi connectivity index (χ3v) is 5.12. The van der Waals surface area contributed by atoms with Crippen LogP contribution in [0.2, 0.25) is 0 Å². The second-order valence-corrected chi connectivity index (χ2v) is 7.11. The van der Waals surface area contributed by atoms with Crippen molar-refractivity contribution < 1.29 is 0 Å². The van der Waals surface area contributed by atoms with Gasteiger partial charge in [0.1, 0.15) is 0 Å². The van der Waals surface area contributed by atoms with Crippen LogP contribution in [-0.2, 0) is 0 Å². The predicted molar refractivity (Wildman–Crippen MR) is 78.7 cm³/mol. The molecule has 0 amide bonds. The molecule has 1 fully saturated rings. The second-order valence-electron chi connectivity index (χ2n) is 4.82. The van der Waals surface area contributed by atoms with Crippen LogP contribution in [0, 0.1) is 5.92 Å². The van der Waals surface area contributed by atoms with Crippen LogP contribution < -0.4 is 5.32 Å². The van der Waals surface area contributed by atoms with Crippen molar-refractivity contribution in [3.05, 3.63) is 20.8 Å². The molecule has 2 unspecified atom stereocenters. The molecule has 1 saturated heterocycles. The number of nitrogens with zero attached hydrogens (tertiary/aromatic N) is 1. The molecule has 0 radical (unpaired) electrons. The van der Waals surface area contributed by atoms with Crippen molar-refractivity contribution >= 4 is 27.3 Å². The Morgan fingerprint density at radius 3 is 3.06 bits per heavy atom. The molecule has 0 aliphatic carbocycles. The molecule has 1 aliphatic heterocycles. The summed E-state index contributed by atoms with van der Waals surface area (Å²) in [5, 5.41) is 5.81. The Labute approximate surface area is 117 Å². The lowest BCUT2D eigenvalue weighted by Crippen LogP contribution is -2.40. The van der Waals surface area contributed by atoms with Gasteiger partial charge in [-0.1, -0.05) is 6.92 Å². The summed E-state index contributed by atoms with van der Waals surface area (Å²) < 4.78 is 1.24. The highest BCUT2D eigenvalue weighted by Gasteiger charge is 2.30. The Morgan fingerprint density at radius 1 is 1.59 bits per heavy atom. The van der Waals surface area contributed by atoms with Crippen LogP contribution in [0.15, 0.2) is 15.2 Å². The second kappa shape index (κ2) is 6.32. The molecule has 2 atom stereocenters. The van der Waals surface area contributed by atoms with E-state index in [4.69, 9.17) is 0 Å². The maximum atomic E-state index is 3.58. The summed E-state index contributed by atoms with van der Waals surface area (Å²) in [6, 6.07) is 2.88. The fourth-order valence-electron chi connectivity index (χ4n) is 2.81. The van der Waals surface area contributed by atoms with E-state index in [1.54, 1.807) is 11.3 Å². The summed E-state index contributed by atoms with van der Waals surface area (Å²) in [7, 11) is 2.26. The number of thiophene rings is 1. The summed E-state index contributed by atoms with van der Waals surface area (Å²) in [6.07, 6.45) is 2.67. The van der Waals surface area contributed by atoms with E-state index < -0.39 is 0 Å². The average molecular weight is 317 g/mol. The smallest absolute Gasteiger partial charge is 0.0701 e. The van der Waals surface area contributed by atoms with Crippen LogP contribution in [0.5, 0.6) is 0 Å². The van der Waals surface area contributed by atoms with Crippen LogP contribution in [-0.4, -0.2) is 31.6 Å². The lowest BCUT2D eigenvalue weighted by Gasteiger charge is -2.39. The number of hydrogen-bond donors (Lipinski definition) is 1. The first-order chi connectivity index (χ1) is 8.22. The van der Waals surface area contributed by atoms with Crippen LogP contribution in [0.25, 0.3) is 0 Å². The van der Waals surface area contributed by atoms with Gasteiger partial charge in [-0.15, -0.1) is 11.3 Å². The van der Waals surface area contributed by atoms with Gasteiger partial charge < -0.3 is 5.32 Å². The molecule has 0 aromatic carbocycles. The van der Waals surface area contributed by atoms with Gasteiger partial charge in [-0.25, -0.2) is 0 Å². The fraction of sp³-hybridized carbons (Fsp3) is 0.692. The third-order valence-electron chi connectivity index (χ3n) is 3.59. The van der Waals surface area contributed by atoms with E-state index in [9.17, 15) is 0 Å². The van der Waals surface area contributed by atoms with Crippen LogP contribution in [0.4, 0.5) is 0 Å². The van der Waals surface area contributed by atoms with Gasteiger partial charge >= 0.3 is 0 Å². The Bertz CT molecular complexity index is 353. The van der Waals surface area contributed by atoms with Gasteiger partial charge in [0, 0.05) is 6.04 Å². The van der Waals surface area contributed by atoms with Crippen molar-refractivity contribution in [1.29, 1.82) is 0 Å². The Kier molecular flexibility index (Phi) is 5.03. The molecule has 1 aromatic rings. The number of piperidine rings is 1. The largest absolute Gasteiger partial charge is 0.317 e. The topological polar surface area (TPSA) is 15.3 Å². The molecule has 1 aliphatic rings. The van der Waals surface area contributed by atoms with E-state index in [2.05, 4.69) is 51.6 Å². The summed E-state index contributed by atoms with van der Waals surface area (Å²) in [5.41, 5.74) is 1.48. The average Bonchev–Trinajstić information content (AvgIpc) is 2.73. The summed E-state index contributed by atoms with van der Waals surface area (Å²) in [4.78, 5) is 2.51. The Morgan fingerprint density at radius 2 is 2.41 bits per heavy atom. The van der Waals surface area contributed by atoms with Crippen molar-refractivity contribution in [2.75, 3.05) is 26.7 Å².